The van der Waals surface area contributed by atoms with Gasteiger partial charge in [-0.05, 0) is 176 Å². The minimum absolute atomic E-state index is 0.0944. The van der Waals surface area contributed by atoms with Gasteiger partial charge in [-0.2, -0.15) is 26.1 Å². The molecule has 446 valence electrons. The Balaban J connectivity index is 0.000000204. The predicted octanol–water partition coefficient (Wildman–Crippen LogP) is 13.6. The van der Waals surface area contributed by atoms with Crippen molar-refractivity contribution < 1.29 is 33.6 Å². The summed E-state index contributed by atoms with van der Waals surface area (Å²) >= 11 is -4.04. The minimum atomic E-state index is -1.93. The fraction of sp³-hybridized carbons (Fsp3) is 0.267. The summed E-state index contributed by atoms with van der Waals surface area (Å²) in [5, 5.41) is 15.8. The molecule has 0 saturated carbocycles. The maximum Gasteiger partial charge on any atom is 0.316 e. The largest absolute Gasteiger partial charge is 0.385 e. The van der Waals surface area contributed by atoms with Crippen molar-refractivity contribution in [1.82, 2.24) is 39.6 Å². The number of hydrogen-bond donors (Lipinski definition) is 6. The molecule has 4 aromatic heterocycles. The van der Waals surface area contributed by atoms with Gasteiger partial charge < -0.3 is 16.7 Å². The molecule has 0 saturated heterocycles. The molecule has 20 nitrogen and oxygen atoms in total. The second kappa shape index (κ2) is 25.4. The van der Waals surface area contributed by atoms with E-state index in [2.05, 4.69) is 102 Å². The Morgan fingerprint density at radius 2 is 0.776 bits per heavy atom. The van der Waals surface area contributed by atoms with Crippen LogP contribution in [0.5, 0.6) is 23.0 Å². The van der Waals surface area contributed by atoms with Crippen LogP contribution in [0, 0.1) is 55.4 Å². The molecule has 6 N–H and O–H groups in total. The van der Waals surface area contributed by atoms with Crippen LogP contribution in [0.2, 0.25) is 0 Å². The molecular formula is C60H67BrN12O8S4. The standard InChI is InChI=1S/C30H33BrN6O4S2.C30H34N6O4S2/c1-17-8-10-19(3)24(12-17)40-42(38)35-22-14-21(28-32-29-26(31)27(30(5,6)7)33-37(29)34-28)15-23(16-22)36-43(39)41-25-13-18(2)9-11-20(25)4;1-18-8-10-20(3)25(12-18)39-41(37)34-23-14-22(29-31-28-17-27(30(5,6)7)32-36(28)33-29)15-24(16-23)35-42(38)40-26-13-19(2)9-11-21(26)4/h8-16,33,35-36H,1-7H3;8-17,32,34-35H,1-7H3. The number of rotatable bonds is 18. The summed E-state index contributed by atoms with van der Waals surface area (Å²) in [6.07, 6.45) is 0. The monoisotopic (exact) mass is 1290 g/mol. The van der Waals surface area contributed by atoms with E-state index in [1.165, 1.54) is 0 Å². The average molecular weight is 1290 g/mol. The molecule has 0 radical (unpaired) electrons. The quantitative estimate of drug-likeness (QED) is 0.0470. The Bertz CT molecular complexity index is 4040. The van der Waals surface area contributed by atoms with Gasteiger partial charge in [0, 0.05) is 33.7 Å². The van der Waals surface area contributed by atoms with Crippen LogP contribution < -0.4 is 35.6 Å². The fourth-order valence-electron chi connectivity index (χ4n) is 8.43. The molecule has 10 aromatic rings. The Morgan fingerprint density at radius 3 is 1.09 bits per heavy atom. The molecule has 0 spiro atoms. The van der Waals surface area contributed by atoms with Gasteiger partial charge in [0.25, 0.3) is 0 Å². The summed E-state index contributed by atoms with van der Waals surface area (Å²) in [7, 11) is 0. The Kier molecular flexibility index (Phi) is 18.4. The molecule has 0 fully saturated rings. The molecule has 6 aromatic carbocycles. The van der Waals surface area contributed by atoms with Crippen molar-refractivity contribution in [2.45, 2.75) is 108 Å². The number of fused-ring (bicyclic) bond motifs is 2. The van der Waals surface area contributed by atoms with E-state index in [1.54, 1.807) is 45.7 Å². The van der Waals surface area contributed by atoms with Crippen LogP contribution in [-0.4, -0.2) is 56.5 Å². The third-order valence-electron chi connectivity index (χ3n) is 13.2. The maximum atomic E-state index is 13.0. The number of aromatic nitrogens is 8. The van der Waals surface area contributed by atoms with Gasteiger partial charge in [0.15, 0.2) is 22.9 Å². The van der Waals surface area contributed by atoms with Crippen molar-refractivity contribution in [3.05, 3.63) is 176 Å². The van der Waals surface area contributed by atoms with Gasteiger partial charge >= 0.3 is 45.1 Å². The Hall–Kier alpha value is -7.84. The Morgan fingerprint density at radius 1 is 0.435 bits per heavy atom. The highest BCUT2D eigenvalue weighted by molar-refractivity contribution is 9.10. The molecular weight excluding hydrogens is 1220 g/mol. The maximum absolute atomic E-state index is 13.0. The first-order valence-electron chi connectivity index (χ1n) is 26.8. The smallest absolute Gasteiger partial charge is 0.316 e. The highest BCUT2D eigenvalue weighted by atomic mass is 79.9. The predicted molar refractivity (Wildman–Crippen MR) is 344 cm³/mol. The van der Waals surface area contributed by atoms with Gasteiger partial charge in [0.2, 0.25) is 0 Å². The van der Waals surface area contributed by atoms with E-state index < -0.39 is 45.1 Å². The number of aryl methyl sites for hydroxylation is 8. The van der Waals surface area contributed by atoms with Gasteiger partial charge in [-0.1, -0.05) is 90.1 Å². The second-order valence-electron chi connectivity index (χ2n) is 22.7. The van der Waals surface area contributed by atoms with Gasteiger partial charge in [-0.3, -0.25) is 29.1 Å². The number of anilines is 4. The summed E-state index contributed by atoms with van der Waals surface area (Å²) in [6, 6.07) is 35.1. The van der Waals surface area contributed by atoms with Gasteiger partial charge in [-0.15, -0.1) is 10.2 Å². The molecule has 4 heterocycles. The zero-order valence-electron chi connectivity index (χ0n) is 49.4. The summed E-state index contributed by atoms with van der Waals surface area (Å²) < 4.78 is 90.5. The molecule has 4 unspecified atom stereocenters. The number of benzene rings is 6. The second-order valence-corrected chi connectivity index (χ2v) is 26.9. The van der Waals surface area contributed by atoms with E-state index in [4.69, 9.17) is 21.7 Å². The van der Waals surface area contributed by atoms with E-state index in [0.29, 0.717) is 79.8 Å². The van der Waals surface area contributed by atoms with E-state index in [1.807, 2.05) is 134 Å². The number of nitrogens with zero attached hydrogens (tertiary/aromatic N) is 6. The summed E-state index contributed by atoms with van der Waals surface area (Å²) in [6.45, 7) is 27.9. The summed E-state index contributed by atoms with van der Waals surface area (Å²) in [5.74, 6) is 2.87. The number of aromatic amines is 2. The van der Waals surface area contributed by atoms with Crippen molar-refractivity contribution in [1.29, 1.82) is 0 Å². The average Bonchev–Trinajstić information content (AvgIpc) is 4.22. The van der Waals surface area contributed by atoms with Crippen LogP contribution in [0.3, 0.4) is 0 Å². The van der Waals surface area contributed by atoms with Crippen molar-refractivity contribution in [2.75, 3.05) is 18.9 Å². The SMILES string of the molecule is Cc1ccc(C)c(OS(=O)Nc2cc(NS(=O)Oc3cc(C)ccc3C)cc(-c3nc4c(Br)c(C(C)(C)C)[nH]n4n3)c2)c1.Cc1ccc(C)c(OS(=O)Nc2cc(NS(=O)Oc3cc(C)ccc3C)cc(-c3nc4cc(C(C)(C)C)[nH]n4n3)c2)c1. The molecule has 0 amide bonds. The van der Waals surface area contributed by atoms with Crippen LogP contribution in [0.4, 0.5) is 22.7 Å². The normalized spacial score (nSPS) is 13.1. The van der Waals surface area contributed by atoms with Crippen LogP contribution in [0.25, 0.3) is 34.1 Å². The highest BCUT2D eigenvalue weighted by Crippen LogP contribution is 2.35. The number of nitrogens with one attached hydrogen (secondary N) is 6. The lowest BCUT2D eigenvalue weighted by molar-refractivity contribution is 0.554. The van der Waals surface area contributed by atoms with Crippen molar-refractivity contribution in [3.63, 3.8) is 0 Å². The highest BCUT2D eigenvalue weighted by Gasteiger charge is 2.25. The first-order valence-corrected chi connectivity index (χ1v) is 31.9. The van der Waals surface area contributed by atoms with Crippen molar-refractivity contribution >= 4 is 95.0 Å². The topological polar surface area (TPSA) is 245 Å². The fourth-order valence-corrected chi connectivity index (χ4v) is 12.2. The lowest BCUT2D eigenvalue weighted by Gasteiger charge is -2.16. The first-order chi connectivity index (χ1) is 40.1. The number of halogens is 1. The molecule has 0 aliphatic rings. The first kappa shape index (κ1) is 61.7. The van der Waals surface area contributed by atoms with Crippen LogP contribution >= 0.6 is 15.9 Å². The summed E-state index contributed by atoms with van der Waals surface area (Å²) in [5.41, 5.74) is 13.3. The lowest BCUT2D eigenvalue weighted by atomic mass is 9.92. The zero-order valence-corrected chi connectivity index (χ0v) is 54.3. The van der Waals surface area contributed by atoms with Crippen LogP contribution in [-0.2, 0) is 55.9 Å². The van der Waals surface area contributed by atoms with Crippen LogP contribution in [0.15, 0.2) is 120 Å². The van der Waals surface area contributed by atoms with Crippen molar-refractivity contribution in [3.8, 4) is 45.8 Å². The van der Waals surface area contributed by atoms with E-state index in [-0.39, 0.29) is 10.8 Å². The lowest BCUT2D eigenvalue weighted by Crippen LogP contribution is -2.14. The molecule has 85 heavy (non-hydrogen) atoms. The van der Waals surface area contributed by atoms with E-state index >= 15 is 0 Å². The van der Waals surface area contributed by atoms with Gasteiger partial charge in [0.05, 0.1) is 32.9 Å². The van der Waals surface area contributed by atoms with Crippen molar-refractivity contribution in [2.24, 2.45) is 0 Å². The summed E-state index contributed by atoms with van der Waals surface area (Å²) in [4.78, 5) is 9.43. The third-order valence-corrected chi connectivity index (χ3v) is 16.8. The van der Waals surface area contributed by atoms with Gasteiger partial charge in [0.1, 0.15) is 23.0 Å². The molecule has 0 aliphatic carbocycles. The number of hydrogen-bond acceptors (Lipinski definition) is 12. The molecule has 0 bridgehead atoms. The number of H-pyrrole nitrogens is 2. The van der Waals surface area contributed by atoms with E-state index in [9.17, 15) is 16.8 Å². The molecule has 25 heteroatoms. The molecule has 0 aliphatic heterocycles. The minimum Gasteiger partial charge on any atom is -0.385 e. The molecule has 4 atom stereocenters. The van der Waals surface area contributed by atoms with Crippen LogP contribution in [0.1, 0.15) is 97.4 Å². The molecule has 10 rings (SSSR count). The third kappa shape index (κ3) is 15.5. The Labute approximate surface area is 512 Å². The zero-order chi connectivity index (χ0) is 61.2. The van der Waals surface area contributed by atoms with Gasteiger partial charge in [-0.25, -0.2) is 9.97 Å². The van der Waals surface area contributed by atoms with E-state index in [0.717, 1.165) is 60.4 Å².